The van der Waals surface area contributed by atoms with E-state index in [0.717, 1.165) is 0 Å². The van der Waals surface area contributed by atoms with Crippen molar-refractivity contribution in [3.05, 3.63) is 71.8 Å². The summed E-state index contributed by atoms with van der Waals surface area (Å²) in [4.78, 5) is 23.6. The van der Waals surface area contributed by atoms with Gasteiger partial charge < -0.3 is 0 Å². The fourth-order valence-corrected chi connectivity index (χ4v) is 1.44. The zero-order valence-corrected chi connectivity index (χ0v) is 11.0. The Bertz CT molecular complexity index is 457. The first-order valence-electron chi connectivity index (χ1n) is 4.98. The van der Waals surface area contributed by atoms with Gasteiger partial charge in [-0.1, -0.05) is 60.7 Å². The molecule has 0 aliphatic heterocycles. The van der Waals surface area contributed by atoms with E-state index in [4.69, 9.17) is 0 Å². The van der Waals surface area contributed by atoms with Crippen molar-refractivity contribution < 1.29 is 35.4 Å². The number of benzene rings is 2. The fourth-order valence-electron chi connectivity index (χ4n) is 1.44. The van der Waals surface area contributed by atoms with Gasteiger partial charge in [0.1, 0.15) is 0 Å². The van der Waals surface area contributed by atoms with Crippen molar-refractivity contribution >= 4 is 11.6 Å². The van der Waals surface area contributed by atoms with Crippen LogP contribution in [0.4, 0.5) is 0 Å². The Hall–Kier alpha value is -1.35. The maximum Gasteiger partial charge on any atom is 0.233 e. The van der Waals surface area contributed by atoms with Gasteiger partial charge in [-0.25, -0.2) is 0 Å². The molecule has 3 heteroatoms. The summed E-state index contributed by atoms with van der Waals surface area (Å²) in [6.45, 7) is 0. The molecule has 2 rings (SSSR count). The molecule has 1 radical (unpaired) electrons. The molecule has 17 heavy (non-hydrogen) atoms. The van der Waals surface area contributed by atoms with Gasteiger partial charge in [-0.05, 0) is 0 Å². The first kappa shape index (κ1) is 13.7. The molecule has 0 fully saturated rings. The van der Waals surface area contributed by atoms with Crippen LogP contribution >= 0.6 is 0 Å². The third-order valence-electron chi connectivity index (χ3n) is 2.28. The Morgan fingerprint density at radius 3 is 1.18 bits per heavy atom. The van der Waals surface area contributed by atoms with Crippen LogP contribution in [0, 0.1) is 0 Å². The molecular formula is C14H10O2Sc. The third kappa shape index (κ3) is 3.30. The monoisotopic (exact) mass is 255 g/mol. The number of hydrogen-bond donors (Lipinski definition) is 0. The van der Waals surface area contributed by atoms with Crippen LogP contribution in [0.2, 0.25) is 0 Å². The van der Waals surface area contributed by atoms with E-state index in [-0.39, 0.29) is 25.8 Å². The molecule has 0 aromatic heterocycles. The predicted molar refractivity (Wildman–Crippen MR) is 61.5 cm³/mol. The summed E-state index contributed by atoms with van der Waals surface area (Å²) in [5, 5.41) is 0. The Kier molecular flexibility index (Phi) is 5.16. The number of ketones is 2. The van der Waals surface area contributed by atoms with Gasteiger partial charge >= 0.3 is 0 Å². The summed E-state index contributed by atoms with van der Waals surface area (Å²) >= 11 is 0. The number of carbonyl (C=O) groups is 2. The van der Waals surface area contributed by atoms with Crippen LogP contribution in [0.5, 0.6) is 0 Å². The molecule has 2 aromatic carbocycles. The first-order chi connectivity index (χ1) is 7.79. The molecule has 0 saturated carbocycles. The second-order valence-electron chi connectivity index (χ2n) is 3.39. The van der Waals surface area contributed by atoms with E-state index in [1.165, 1.54) is 0 Å². The topological polar surface area (TPSA) is 34.1 Å². The largest absolute Gasteiger partial charge is 0.285 e. The average Bonchev–Trinajstić information content (AvgIpc) is 2.39. The molecule has 0 bridgehead atoms. The molecule has 0 amide bonds. The standard InChI is InChI=1S/C14H10O2.Sc/c15-13(11-7-3-1-4-8-11)14(16)12-9-5-2-6-10-12;/h1-10H;. The molecule has 0 aliphatic carbocycles. The van der Waals surface area contributed by atoms with E-state index in [0.29, 0.717) is 11.1 Å². The normalized spacial score (nSPS) is 9.18. The predicted octanol–water partition coefficient (Wildman–Crippen LogP) is 2.75. The van der Waals surface area contributed by atoms with E-state index < -0.39 is 11.6 Å². The van der Waals surface area contributed by atoms with Gasteiger partial charge in [0.15, 0.2) is 0 Å². The van der Waals surface area contributed by atoms with Crippen LogP contribution in [0.15, 0.2) is 60.7 Å². The zero-order chi connectivity index (χ0) is 11.4. The third-order valence-corrected chi connectivity index (χ3v) is 2.28. The second kappa shape index (κ2) is 6.40. The van der Waals surface area contributed by atoms with Gasteiger partial charge in [-0.2, -0.15) is 0 Å². The maximum atomic E-state index is 11.8. The minimum absolute atomic E-state index is 0. The van der Waals surface area contributed by atoms with Crippen LogP contribution < -0.4 is 0 Å². The van der Waals surface area contributed by atoms with Crippen molar-refractivity contribution in [3.63, 3.8) is 0 Å². The molecule has 0 unspecified atom stereocenters. The summed E-state index contributed by atoms with van der Waals surface area (Å²) < 4.78 is 0. The molecule has 0 heterocycles. The average molecular weight is 255 g/mol. The number of carbonyl (C=O) groups excluding carboxylic acids is 2. The van der Waals surface area contributed by atoms with Gasteiger partial charge in [0.05, 0.1) is 0 Å². The molecule has 0 aliphatic rings. The Balaban J connectivity index is 0.00000144. The summed E-state index contributed by atoms with van der Waals surface area (Å²) in [5.74, 6) is -0.932. The van der Waals surface area contributed by atoms with E-state index in [1.54, 1.807) is 48.5 Å². The van der Waals surface area contributed by atoms with Gasteiger partial charge in [-0.3, -0.25) is 9.59 Å². The molecule has 81 valence electrons. The van der Waals surface area contributed by atoms with Crippen molar-refractivity contribution in [2.24, 2.45) is 0 Å². The number of Topliss-reactive ketones (excluding diaryl/α,β-unsaturated/α-hetero) is 2. The SMILES string of the molecule is O=C(C(=O)c1ccccc1)c1ccccc1.[Sc]. The van der Waals surface area contributed by atoms with Crippen LogP contribution in [0.1, 0.15) is 20.7 Å². The van der Waals surface area contributed by atoms with Crippen LogP contribution in [-0.4, -0.2) is 11.6 Å². The Labute approximate surface area is 118 Å². The van der Waals surface area contributed by atoms with E-state index in [9.17, 15) is 9.59 Å². The number of rotatable bonds is 3. The minimum Gasteiger partial charge on any atom is -0.285 e. The molecule has 2 aromatic rings. The van der Waals surface area contributed by atoms with Crippen molar-refractivity contribution in [2.45, 2.75) is 0 Å². The van der Waals surface area contributed by atoms with E-state index in [2.05, 4.69) is 0 Å². The smallest absolute Gasteiger partial charge is 0.233 e. The molecule has 0 N–H and O–H groups in total. The second-order valence-corrected chi connectivity index (χ2v) is 3.39. The summed E-state index contributed by atoms with van der Waals surface area (Å²) in [6, 6.07) is 17.2. The molecule has 0 atom stereocenters. The van der Waals surface area contributed by atoms with Crippen molar-refractivity contribution in [1.82, 2.24) is 0 Å². The summed E-state index contributed by atoms with van der Waals surface area (Å²) in [5.41, 5.74) is 0.854. The maximum absolute atomic E-state index is 11.8. The number of hydrogen-bond acceptors (Lipinski definition) is 2. The fraction of sp³-hybridized carbons (Fsp3) is 0. The first-order valence-corrected chi connectivity index (χ1v) is 4.98. The molecule has 2 nitrogen and oxygen atoms in total. The zero-order valence-electron chi connectivity index (χ0n) is 9.17. The summed E-state index contributed by atoms with van der Waals surface area (Å²) in [6.07, 6.45) is 0. The van der Waals surface area contributed by atoms with Crippen molar-refractivity contribution in [2.75, 3.05) is 0 Å². The van der Waals surface area contributed by atoms with Crippen LogP contribution in [0.3, 0.4) is 0 Å². The quantitative estimate of drug-likeness (QED) is 0.624. The van der Waals surface area contributed by atoms with Gasteiger partial charge in [0.25, 0.3) is 0 Å². The van der Waals surface area contributed by atoms with E-state index in [1.807, 2.05) is 12.1 Å². The summed E-state index contributed by atoms with van der Waals surface area (Å²) in [7, 11) is 0. The van der Waals surface area contributed by atoms with Crippen molar-refractivity contribution in [1.29, 1.82) is 0 Å². The Morgan fingerprint density at radius 2 is 0.882 bits per heavy atom. The Morgan fingerprint density at radius 1 is 0.588 bits per heavy atom. The van der Waals surface area contributed by atoms with Gasteiger partial charge in [0, 0.05) is 37.0 Å². The minimum atomic E-state index is -0.466. The molecule has 0 spiro atoms. The van der Waals surface area contributed by atoms with Gasteiger partial charge in [0.2, 0.25) is 11.6 Å². The van der Waals surface area contributed by atoms with Crippen LogP contribution in [-0.2, 0) is 25.8 Å². The van der Waals surface area contributed by atoms with Crippen LogP contribution in [0.25, 0.3) is 0 Å². The van der Waals surface area contributed by atoms with Gasteiger partial charge in [-0.15, -0.1) is 0 Å². The molecule has 0 saturated heterocycles. The van der Waals surface area contributed by atoms with Crippen molar-refractivity contribution in [3.8, 4) is 0 Å². The van der Waals surface area contributed by atoms with E-state index >= 15 is 0 Å². The molecular weight excluding hydrogens is 245 g/mol.